The molecule has 0 aromatic rings. The molecule has 0 spiro atoms. The first kappa shape index (κ1) is 28.4. The fourth-order valence-electron chi connectivity index (χ4n) is 1.56. The van der Waals surface area contributed by atoms with Gasteiger partial charge in [0.05, 0.1) is 25.4 Å². The number of hydrogen-bond acceptors (Lipinski definition) is 12. The van der Waals surface area contributed by atoms with E-state index in [1.807, 2.05) is 0 Å². The van der Waals surface area contributed by atoms with E-state index in [0.717, 1.165) is 6.92 Å². The Morgan fingerprint density at radius 2 is 1.32 bits per heavy atom. The van der Waals surface area contributed by atoms with Crippen LogP contribution in [0.15, 0.2) is 0 Å². The molecule has 0 saturated heterocycles. The molecule has 0 aromatic heterocycles. The summed E-state index contributed by atoms with van der Waals surface area (Å²) in [7, 11) is -3.01. The van der Waals surface area contributed by atoms with Gasteiger partial charge in [-0.05, 0) is 27.7 Å². The maximum absolute atomic E-state index is 12.9. The monoisotopic (exact) mass is 471 g/mol. The zero-order valence-electron chi connectivity index (χ0n) is 18.4. The Morgan fingerprint density at radius 1 is 0.903 bits per heavy atom. The molecule has 0 aromatic carbocycles. The number of hydrogen-bond donors (Lipinski definition) is 2. The molecule has 0 atom stereocenters. The third-order valence-corrected chi connectivity index (χ3v) is 4.15. The molecule has 14 nitrogen and oxygen atoms in total. The molecule has 0 bridgehead atoms. The van der Waals surface area contributed by atoms with Crippen LogP contribution in [-0.4, -0.2) is 75.0 Å². The fraction of sp³-hybridized carbons (Fsp3) is 0.750. The average molecular weight is 471 g/mol. The zero-order valence-corrected chi connectivity index (χ0v) is 19.3. The molecule has 0 aliphatic heterocycles. The van der Waals surface area contributed by atoms with Gasteiger partial charge >= 0.3 is 26.0 Å². The number of carbonyl (C=O) groups excluding carboxylic acids is 3. The summed E-state index contributed by atoms with van der Waals surface area (Å²) in [5.41, 5.74) is 0. The first-order valence-electron chi connectivity index (χ1n) is 9.19. The average Bonchev–Trinajstić information content (AvgIpc) is 2.61. The topological polar surface area (TPSA) is 172 Å². The molecule has 0 heterocycles. The molecule has 0 aliphatic carbocycles. The lowest BCUT2D eigenvalue weighted by Gasteiger charge is -2.24. The van der Waals surface area contributed by atoms with Crippen LogP contribution in [0.4, 0.5) is 9.59 Å². The van der Waals surface area contributed by atoms with Gasteiger partial charge in [-0.15, -0.1) is 0 Å². The number of ether oxygens (including phenoxy) is 4. The minimum atomic E-state index is -4.22. The number of nitrogens with one attached hydrogen (secondary N) is 2. The van der Waals surface area contributed by atoms with Crippen molar-refractivity contribution in [2.45, 2.75) is 46.8 Å². The van der Waals surface area contributed by atoms with Crippen LogP contribution in [0, 0.1) is 5.41 Å². The van der Waals surface area contributed by atoms with E-state index in [1.165, 1.54) is 7.05 Å². The van der Waals surface area contributed by atoms with Crippen molar-refractivity contribution in [1.29, 1.82) is 5.41 Å². The van der Waals surface area contributed by atoms with E-state index in [0.29, 0.717) is 5.06 Å². The Bertz CT molecular complexity index is 623. The summed E-state index contributed by atoms with van der Waals surface area (Å²) in [6, 6.07) is 0. The van der Waals surface area contributed by atoms with E-state index in [9.17, 15) is 18.9 Å². The number of hydroxylamine groups is 2. The summed E-state index contributed by atoms with van der Waals surface area (Å²) in [4.78, 5) is 38.3. The van der Waals surface area contributed by atoms with Crippen molar-refractivity contribution in [3.8, 4) is 0 Å². The Kier molecular flexibility index (Phi) is 13.2. The van der Waals surface area contributed by atoms with E-state index in [4.69, 9.17) is 33.4 Å². The fourth-order valence-corrected chi connectivity index (χ4v) is 2.79. The SMILES string of the molecule is CC(=O)ON(C)C(=N)NP(=O)(OCCOC(=O)OC(C)C)OCCOC(=O)OC(C)C. The highest BCUT2D eigenvalue weighted by molar-refractivity contribution is 7.52. The van der Waals surface area contributed by atoms with Gasteiger partial charge in [0.15, 0.2) is 0 Å². The van der Waals surface area contributed by atoms with E-state index >= 15 is 0 Å². The molecule has 0 rings (SSSR count). The zero-order chi connectivity index (χ0) is 24.0. The van der Waals surface area contributed by atoms with Crippen molar-refractivity contribution in [2.75, 3.05) is 33.5 Å². The molecule has 0 amide bonds. The third kappa shape index (κ3) is 15.0. The van der Waals surface area contributed by atoms with Gasteiger partial charge in [-0.25, -0.2) is 14.2 Å². The second-order valence-corrected chi connectivity index (χ2v) is 7.97. The lowest BCUT2D eigenvalue weighted by molar-refractivity contribution is -0.166. The maximum atomic E-state index is 12.9. The summed E-state index contributed by atoms with van der Waals surface area (Å²) < 4.78 is 42.0. The predicted octanol–water partition coefficient (Wildman–Crippen LogP) is 2.19. The Morgan fingerprint density at radius 3 is 1.68 bits per heavy atom. The van der Waals surface area contributed by atoms with Gasteiger partial charge in [0.25, 0.3) is 0 Å². The van der Waals surface area contributed by atoms with Gasteiger partial charge in [-0.2, -0.15) is 5.06 Å². The molecule has 15 heteroatoms. The van der Waals surface area contributed by atoms with Crippen LogP contribution in [0.3, 0.4) is 0 Å². The quantitative estimate of drug-likeness (QED) is 0.112. The van der Waals surface area contributed by atoms with Gasteiger partial charge in [0.1, 0.15) is 13.2 Å². The van der Waals surface area contributed by atoms with Crippen LogP contribution in [0.25, 0.3) is 0 Å². The molecule has 0 radical (unpaired) electrons. The number of guanidine groups is 1. The van der Waals surface area contributed by atoms with Gasteiger partial charge in [-0.3, -0.25) is 24.3 Å². The predicted molar refractivity (Wildman–Crippen MR) is 105 cm³/mol. The summed E-state index contributed by atoms with van der Waals surface area (Å²) in [6.45, 7) is 6.20. The molecule has 180 valence electrons. The van der Waals surface area contributed by atoms with Gasteiger partial charge in [-0.1, -0.05) is 0 Å². The Balaban J connectivity index is 4.77. The highest BCUT2D eigenvalue weighted by atomic mass is 31.2. The number of rotatable bonds is 11. The first-order valence-corrected chi connectivity index (χ1v) is 10.7. The highest BCUT2D eigenvalue weighted by Gasteiger charge is 2.29. The van der Waals surface area contributed by atoms with Gasteiger partial charge in [0.2, 0.25) is 5.96 Å². The summed E-state index contributed by atoms with van der Waals surface area (Å²) in [6.07, 6.45) is -2.66. The molecule has 0 fully saturated rings. The van der Waals surface area contributed by atoms with E-state index in [1.54, 1.807) is 27.7 Å². The van der Waals surface area contributed by atoms with Crippen molar-refractivity contribution in [2.24, 2.45) is 0 Å². The van der Waals surface area contributed by atoms with Crippen molar-refractivity contribution in [1.82, 2.24) is 10.2 Å². The molecule has 0 saturated carbocycles. The lowest BCUT2D eigenvalue weighted by Crippen LogP contribution is -2.38. The van der Waals surface area contributed by atoms with E-state index in [2.05, 4.69) is 9.92 Å². The second-order valence-electron chi connectivity index (χ2n) is 6.23. The van der Waals surface area contributed by atoms with Crippen LogP contribution in [0.5, 0.6) is 0 Å². The Labute approximate surface area is 180 Å². The van der Waals surface area contributed by atoms with Gasteiger partial charge < -0.3 is 23.8 Å². The van der Waals surface area contributed by atoms with Crippen LogP contribution in [-0.2, 0) is 42.2 Å². The normalized spacial score (nSPS) is 11.0. The Hall–Kier alpha value is -2.57. The summed E-state index contributed by atoms with van der Waals surface area (Å²) in [5.74, 6) is -1.35. The molecular formula is C16H30N3O11P. The second kappa shape index (κ2) is 14.4. The summed E-state index contributed by atoms with van der Waals surface area (Å²) >= 11 is 0. The van der Waals surface area contributed by atoms with Crippen LogP contribution >= 0.6 is 7.75 Å². The van der Waals surface area contributed by atoms with E-state index < -0.39 is 45.2 Å². The largest absolute Gasteiger partial charge is 0.508 e. The molecule has 2 N–H and O–H groups in total. The minimum absolute atomic E-state index is 0.328. The van der Waals surface area contributed by atoms with Crippen molar-refractivity contribution in [3.63, 3.8) is 0 Å². The molecule has 0 unspecified atom stereocenters. The van der Waals surface area contributed by atoms with Crippen molar-refractivity contribution >= 4 is 32.0 Å². The smallest absolute Gasteiger partial charge is 0.432 e. The third-order valence-electron chi connectivity index (χ3n) is 2.62. The van der Waals surface area contributed by atoms with Crippen LogP contribution in [0.2, 0.25) is 0 Å². The number of nitrogens with zero attached hydrogens (tertiary/aromatic N) is 1. The van der Waals surface area contributed by atoms with Crippen LogP contribution < -0.4 is 5.09 Å². The lowest BCUT2D eigenvalue weighted by atomic mass is 10.5. The standard InChI is InChI=1S/C16H30N3O11P/c1-11(2)28-15(21)24-7-9-26-31(23,18-14(17)19(6)30-13(5)20)27-10-8-25-16(22)29-12(3)4/h11-12H,7-10H2,1-6H3,(H2,17,18,23). The van der Waals surface area contributed by atoms with Crippen LogP contribution in [0.1, 0.15) is 34.6 Å². The first-order chi connectivity index (χ1) is 14.3. The highest BCUT2D eigenvalue weighted by Crippen LogP contribution is 2.43. The number of carbonyl (C=O) groups is 3. The van der Waals surface area contributed by atoms with Crippen molar-refractivity contribution in [3.05, 3.63) is 0 Å². The minimum Gasteiger partial charge on any atom is -0.432 e. The molecule has 0 aliphatic rings. The van der Waals surface area contributed by atoms with Crippen molar-refractivity contribution < 1.29 is 51.8 Å². The molecular weight excluding hydrogens is 441 g/mol. The van der Waals surface area contributed by atoms with Gasteiger partial charge in [0, 0.05) is 14.0 Å². The van der Waals surface area contributed by atoms with E-state index in [-0.39, 0.29) is 25.4 Å². The summed E-state index contributed by atoms with van der Waals surface area (Å²) in [5, 5.41) is 10.6. The molecule has 31 heavy (non-hydrogen) atoms. The maximum Gasteiger partial charge on any atom is 0.508 e.